The molecule has 0 saturated heterocycles. The number of aromatic hydroxyl groups is 1. The minimum atomic E-state index is -0.206. The van der Waals surface area contributed by atoms with Gasteiger partial charge < -0.3 is 5.11 Å². The number of aldehydes is 1. The molecule has 0 aliphatic rings. The molecule has 0 aromatic heterocycles. The summed E-state index contributed by atoms with van der Waals surface area (Å²) in [5.41, 5.74) is 2.68. The number of carbonyl (C=O) groups excluding carboxylic acids is 1. The Morgan fingerprint density at radius 2 is 1.52 bits per heavy atom. The van der Waals surface area contributed by atoms with Crippen LogP contribution in [0.3, 0.4) is 0 Å². The van der Waals surface area contributed by atoms with E-state index < -0.39 is 0 Å². The van der Waals surface area contributed by atoms with Crippen molar-refractivity contribution in [3.8, 4) is 5.75 Å². The molecule has 21 heavy (non-hydrogen) atoms. The first-order chi connectivity index (χ1) is 9.52. The summed E-state index contributed by atoms with van der Waals surface area (Å²) in [5, 5.41) is 12.4. The van der Waals surface area contributed by atoms with Crippen LogP contribution in [0.1, 0.15) is 58.2 Å². The van der Waals surface area contributed by atoms with Crippen LogP contribution in [0.15, 0.2) is 17.5 Å². The molecule has 0 amide bonds. The molecule has 4 heteroatoms. The van der Waals surface area contributed by atoms with Gasteiger partial charge in [-0.05, 0) is 33.9 Å². The molecule has 0 aliphatic heterocycles. The van der Waals surface area contributed by atoms with Crippen molar-refractivity contribution < 1.29 is 9.90 Å². The highest BCUT2D eigenvalue weighted by atomic mass is 33.1. The summed E-state index contributed by atoms with van der Waals surface area (Å²) in [6.45, 7) is 12.3. The van der Waals surface area contributed by atoms with Gasteiger partial charge in [0.2, 0.25) is 0 Å². The van der Waals surface area contributed by atoms with Gasteiger partial charge >= 0.3 is 0 Å². The number of allylic oxidation sites excluding steroid dienone is 1. The van der Waals surface area contributed by atoms with E-state index in [1.54, 1.807) is 5.41 Å². The Morgan fingerprint density at radius 1 is 1.10 bits per heavy atom. The van der Waals surface area contributed by atoms with Crippen LogP contribution in [0.2, 0.25) is 0 Å². The topological polar surface area (TPSA) is 37.3 Å². The number of carbonyl (C=O) groups is 1. The van der Waals surface area contributed by atoms with Gasteiger partial charge in [0.25, 0.3) is 0 Å². The minimum absolute atomic E-state index is 0.206. The summed E-state index contributed by atoms with van der Waals surface area (Å²) in [6.07, 6.45) is 0.828. The van der Waals surface area contributed by atoms with Gasteiger partial charge in [0.05, 0.1) is 0 Å². The summed E-state index contributed by atoms with van der Waals surface area (Å²) in [7, 11) is 1.20. The van der Waals surface area contributed by atoms with Crippen molar-refractivity contribution in [2.75, 3.05) is 0 Å². The lowest BCUT2D eigenvalue weighted by atomic mass is 9.78. The first kappa shape index (κ1) is 18.2. The first-order valence-corrected chi connectivity index (χ1v) is 8.79. The van der Waals surface area contributed by atoms with Gasteiger partial charge in [-0.2, -0.15) is 0 Å². The molecule has 0 aliphatic carbocycles. The second kappa shape index (κ2) is 6.49. The van der Waals surface area contributed by atoms with Crippen LogP contribution in [0.5, 0.6) is 5.75 Å². The second-order valence-electron chi connectivity index (χ2n) is 7.22. The van der Waals surface area contributed by atoms with Crippen molar-refractivity contribution in [3.05, 3.63) is 34.2 Å². The van der Waals surface area contributed by atoms with Crippen LogP contribution < -0.4 is 0 Å². The maximum absolute atomic E-state index is 11.3. The average molecular weight is 325 g/mol. The van der Waals surface area contributed by atoms with Crippen LogP contribution in [-0.4, -0.2) is 11.4 Å². The summed E-state index contributed by atoms with van der Waals surface area (Å²) >= 11 is 4.08. The standard InChI is InChI=1S/C17H24O2S2/c1-16(2,3)13-7-11(12(9-18)10-21-20)8-14(15(13)19)17(4,5)6/h7-10,19-20H,1-6H3/b12-10+. The molecular weight excluding hydrogens is 300 g/mol. The highest BCUT2D eigenvalue weighted by molar-refractivity contribution is 8.70. The monoisotopic (exact) mass is 324 g/mol. The molecule has 0 saturated carbocycles. The average Bonchev–Trinajstić information content (AvgIpc) is 2.33. The van der Waals surface area contributed by atoms with E-state index in [-0.39, 0.29) is 10.8 Å². The van der Waals surface area contributed by atoms with Gasteiger partial charge in [0.15, 0.2) is 6.29 Å². The SMILES string of the molecule is CC(C)(C)c1cc(/C(C=O)=C/SS)cc(C(C)(C)C)c1O. The number of hydrogen-bond donors (Lipinski definition) is 2. The second-order valence-corrected chi connectivity index (χ2v) is 8.30. The van der Waals surface area contributed by atoms with E-state index in [1.165, 1.54) is 10.8 Å². The van der Waals surface area contributed by atoms with E-state index >= 15 is 0 Å². The summed E-state index contributed by atoms with van der Waals surface area (Å²) in [6, 6.07) is 3.80. The number of hydrogen-bond acceptors (Lipinski definition) is 4. The van der Waals surface area contributed by atoms with Crippen LogP contribution in [0.25, 0.3) is 5.57 Å². The highest BCUT2D eigenvalue weighted by Crippen LogP contribution is 2.41. The van der Waals surface area contributed by atoms with Crippen LogP contribution in [-0.2, 0) is 15.6 Å². The third-order valence-electron chi connectivity index (χ3n) is 3.37. The lowest BCUT2D eigenvalue weighted by Crippen LogP contribution is -2.17. The van der Waals surface area contributed by atoms with E-state index in [0.29, 0.717) is 11.3 Å². The summed E-state index contributed by atoms with van der Waals surface area (Å²) in [4.78, 5) is 11.3. The van der Waals surface area contributed by atoms with Crippen LogP contribution in [0, 0.1) is 0 Å². The Labute approximate surface area is 136 Å². The van der Waals surface area contributed by atoms with E-state index in [0.717, 1.165) is 23.0 Å². The summed E-state index contributed by atoms with van der Waals surface area (Å²) in [5.74, 6) is 0.322. The molecule has 1 aromatic rings. The van der Waals surface area contributed by atoms with Gasteiger partial charge in [-0.3, -0.25) is 4.79 Å². The summed E-state index contributed by atoms with van der Waals surface area (Å²) < 4.78 is 0. The molecule has 0 atom stereocenters. The number of benzene rings is 1. The van der Waals surface area contributed by atoms with E-state index in [9.17, 15) is 9.90 Å². The lowest BCUT2D eigenvalue weighted by molar-refractivity contribution is -0.103. The zero-order valence-corrected chi connectivity index (χ0v) is 15.2. The molecule has 0 unspecified atom stereocenters. The zero-order valence-electron chi connectivity index (χ0n) is 13.5. The molecule has 2 nitrogen and oxygen atoms in total. The van der Waals surface area contributed by atoms with Gasteiger partial charge in [-0.15, -0.1) is 11.7 Å². The normalized spacial score (nSPS) is 13.4. The van der Waals surface area contributed by atoms with Crippen molar-refractivity contribution in [3.63, 3.8) is 0 Å². The molecule has 0 fully saturated rings. The fourth-order valence-electron chi connectivity index (χ4n) is 2.17. The molecular formula is C17H24O2S2. The van der Waals surface area contributed by atoms with Gasteiger partial charge in [-0.25, -0.2) is 0 Å². The Kier molecular flexibility index (Phi) is 5.62. The number of phenolic OH excluding ortho intramolecular Hbond substituents is 1. The largest absolute Gasteiger partial charge is 0.507 e. The van der Waals surface area contributed by atoms with Crippen molar-refractivity contribution in [2.24, 2.45) is 0 Å². The number of phenols is 1. The van der Waals surface area contributed by atoms with Crippen molar-refractivity contribution in [1.29, 1.82) is 0 Å². The maximum atomic E-state index is 11.3. The molecule has 116 valence electrons. The predicted octanol–water partition coefficient (Wildman–Crippen LogP) is 5.11. The Balaban J connectivity index is 3.70. The molecule has 0 heterocycles. The van der Waals surface area contributed by atoms with Crippen molar-refractivity contribution >= 4 is 34.3 Å². The van der Waals surface area contributed by atoms with Crippen molar-refractivity contribution in [2.45, 2.75) is 52.4 Å². The van der Waals surface area contributed by atoms with Crippen molar-refractivity contribution in [1.82, 2.24) is 0 Å². The third kappa shape index (κ3) is 4.30. The fraction of sp³-hybridized carbons (Fsp3) is 0.471. The van der Waals surface area contributed by atoms with Gasteiger partial charge in [0, 0.05) is 16.7 Å². The Morgan fingerprint density at radius 3 is 1.81 bits per heavy atom. The number of rotatable bonds is 3. The molecule has 1 rings (SSSR count). The smallest absolute Gasteiger partial charge is 0.151 e. The molecule has 0 bridgehead atoms. The third-order valence-corrected chi connectivity index (χ3v) is 4.04. The van der Waals surface area contributed by atoms with E-state index in [2.05, 4.69) is 53.2 Å². The van der Waals surface area contributed by atoms with Crippen LogP contribution in [0.4, 0.5) is 0 Å². The van der Waals surface area contributed by atoms with E-state index in [4.69, 9.17) is 0 Å². The first-order valence-electron chi connectivity index (χ1n) is 6.86. The predicted molar refractivity (Wildman–Crippen MR) is 96.1 cm³/mol. The lowest BCUT2D eigenvalue weighted by Gasteiger charge is -2.28. The van der Waals surface area contributed by atoms with Crippen LogP contribution >= 0.6 is 22.5 Å². The number of thiol groups is 1. The molecule has 0 radical (unpaired) electrons. The van der Waals surface area contributed by atoms with E-state index in [1.807, 2.05) is 12.1 Å². The molecule has 1 N–H and O–H groups in total. The highest BCUT2D eigenvalue weighted by Gasteiger charge is 2.27. The Hall–Kier alpha value is -0.870. The minimum Gasteiger partial charge on any atom is -0.507 e. The maximum Gasteiger partial charge on any atom is 0.151 e. The molecule has 0 spiro atoms. The quantitative estimate of drug-likeness (QED) is 0.351. The van der Waals surface area contributed by atoms with Gasteiger partial charge in [0.1, 0.15) is 5.75 Å². The van der Waals surface area contributed by atoms with Gasteiger partial charge in [-0.1, -0.05) is 52.3 Å². The Bertz CT molecular complexity index is 526. The zero-order chi connectivity index (χ0) is 16.4. The molecule has 1 aromatic carbocycles. The fourth-order valence-corrected chi connectivity index (χ4v) is 2.81.